The second-order valence-corrected chi connectivity index (χ2v) is 7.69. The van der Waals surface area contributed by atoms with Crippen molar-refractivity contribution in [3.8, 4) is 5.75 Å². The maximum absolute atomic E-state index is 12.3. The third-order valence-corrected chi connectivity index (χ3v) is 5.73. The maximum atomic E-state index is 12.3. The van der Waals surface area contributed by atoms with Crippen molar-refractivity contribution < 1.29 is 9.53 Å². The Kier molecular flexibility index (Phi) is 6.25. The number of ether oxygens (including phenoxy) is 1. The second-order valence-electron chi connectivity index (χ2n) is 5.49. The minimum Gasteiger partial charge on any atom is -0.497 e. The molecule has 0 radical (unpaired) electrons. The van der Waals surface area contributed by atoms with E-state index in [0.717, 1.165) is 22.2 Å². The predicted octanol–water partition coefficient (Wildman–Crippen LogP) is 4.83. The Labute approximate surface area is 160 Å². The number of benzene rings is 2. The first-order valence-electron chi connectivity index (χ1n) is 8.17. The first-order valence-corrected chi connectivity index (χ1v) is 9.97. The highest BCUT2D eigenvalue weighted by Gasteiger charge is 2.10. The van der Waals surface area contributed by atoms with Crippen LogP contribution in [0.15, 0.2) is 52.9 Å². The zero-order valence-corrected chi connectivity index (χ0v) is 16.2. The van der Waals surface area contributed by atoms with E-state index in [2.05, 4.69) is 34.6 Å². The molecule has 1 heterocycles. The SMILES string of the molecule is CCc1ccc(Nc2nnc(SCC(=O)c3ccc(OC)cc3)s2)cc1. The van der Waals surface area contributed by atoms with Crippen LogP contribution in [-0.4, -0.2) is 28.8 Å². The summed E-state index contributed by atoms with van der Waals surface area (Å²) >= 11 is 2.83. The van der Waals surface area contributed by atoms with Gasteiger partial charge in [-0.25, -0.2) is 0 Å². The van der Waals surface area contributed by atoms with Crippen LogP contribution >= 0.6 is 23.1 Å². The number of nitrogens with one attached hydrogen (secondary N) is 1. The molecule has 0 unspecified atom stereocenters. The van der Waals surface area contributed by atoms with Gasteiger partial charge in [0.25, 0.3) is 0 Å². The zero-order chi connectivity index (χ0) is 18.4. The quantitative estimate of drug-likeness (QED) is 0.443. The number of aryl methyl sites for hydroxylation is 1. The lowest BCUT2D eigenvalue weighted by atomic mass is 10.1. The summed E-state index contributed by atoms with van der Waals surface area (Å²) < 4.78 is 5.87. The van der Waals surface area contributed by atoms with Crippen molar-refractivity contribution in [3.05, 3.63) is 59.7 Å². The number of thioether (sulfide) groups is 1. The van der Waals surface area contributed by atoms with Gasteiger partial charge in [-0.1, -0.05) is 42.2 Å². The van der Waals surface area contributed by atoms with Crippen molar-refractivity contribution in [2.24, 2.45) is 0 Å². The molecule has 26 heavy (non-hydrogen) atoms. The van der Waals surface area contributed by atoms with Gasteiger partial charge in [-0.3, -0.25) is 4.79 Å². The van der Waals surface area contributed by atoms with Crippen molar-refractivity contribution in [2.75, 3.05) is 18.2 Å². The predicted molar refractivity (Wildman–Crippen MR) is 107 cm³/mol. The van der Waals surface area contributed by atoms with Gasteiger partial charge >= 0.3 is 0 Å². The first kappa shape index (κ1) is 18.4. The van der Waals surface area contributed by atoms with Crippen molar-refractivity contribution in [2.45, 2.75) is 17.7 Å². The summed E-state index contributed by atoms with van der Waals surface area (Å²) in [5.74, 6) is 1.12. The Bertz CT molecular complexity index is 861. The molecular weight excluding hydrogens is 366 g/mol. The normalized spacial score (nSPS) is 10.5. The van der Waals surface area contributed by atoms with E-state index < -0.39 is 0 Å². The van der Waals surface area contributed by atoms with Crippen LogP contribution in [-0.2, 0) is 6.42 Å². The molecule has 3 aromatic rings. The first-order chi connectivity index (χ1) is 12.7. The number of hydrogen-bond donors (Lipinski definition) is 1. The molecule has 134 valence electrons. The van der Waals surface area contributed by atoms with Crippen LogP contribution in [0, 0.1) is 0 Å². The smallest absolute Gasteiger partial charge is 0.210 e. The summed E-state index contributed by atoms with van der Waals surface area (Å²) in [5, 5.41) is 12.2. The minimum absolute atomic E-state index is 0.0533. The zero-order valence-electron chi connectivity index (χ0n) is 14.6. The van der Waals surface area contributed by atoms with E-state index in [-0.39, 0.29) is 5.78 Å². The number of hydrogen-bond acceptors (Lipinski definition) is 7. The lowest BCUT2D eigenvalue weighted by Crippen LogP contribution is -2.02. The van der Waals surface area contributed by atoms with Gasteiger partial charge in [0.05, 0.1) is 12.9 Å². The maximum Gasteiger partial charge on any atom is 0.210 e. The Morgan fingerprint density at radius 1 is 1.12 bits per heavy atom. The molecule has 1 aromatic heterocycles. The van der Waals surface area contributed by atoms with Crippen LogP contribution < -0.4 is 10.1 Å². The molecule has 3 rings (SSSR count). The fourth-order valence-electron chi connectivity index (χ4n) is 2.25. The minimum atomic E-state index is 0.0533. The fraction of sp³-hybridized carbons (Fsp3) is 0.211. The molecule has 0 aliphatic heterocycles. The van der Waals surface area contributed by atoms with Gasteiger partial charge < -0.3 is 10.1 Å². The molecular formula is C19H19N3O2S2. The van der Waals surface area contributed by atoms with Crippen LogP contribution in [0.3, 0.4) is 0 Å². The number of nitrogens with zero attached hydrogens (tertiary/aromatic N) is 2. The monoisotopic (exact) mass is 385 g/mol. The number of carbonyl (C=O) groups is 1. The van der Waals surface area contributed by atoms with E-state index in [1.807, 2.05) is 12.1 Å². The van der Waals surface area contributed by atoms with Gasteiger partial charge in [0.2, 0.25) is 5.13 Å². The topological polar surface area (TPSA) is 64.1 Å². The number of rotatable bonds is 8. The summed E-state index contributed by atoms with van der Waals surface area (Å²) in [6, 6.07) is 15.4. The van der Waals surface area contributed by atoms with E-state index in [1.54, 1.807) is 31.4 Å². The van der Waals surface area contributed by atoms with Crippen LogP contribution in [0.25, 0.3) is 0 Å². The molecule has 0 saturated carbocycles. The highest BCUT2D eigenvalue weighted by Crippen LogP contribution is 2.28. The van der Waals surface area contributed by atoms with Gasteiger partial charge in [-0.05, 0) is 48.4 Å². The van der Waals surface area contributed by atoms with E-state index in [4.69, 9.17) is 4.74 Å². The molecule has 0 fully saturated rings. The van der Waals surface area contributed by atoms with E-state index in [9.17, 15) is 4.79 Å². The number of ketones is 1. The number of aromatic nitrogens is 2. The number of methoxy groups -OCH3 is 1. The fourth-order valence-corrected chi connectivity index (χ4v) is 3.92. The van der Waals surface area contributed by atoms with E-state index >= 15 is 0 Å². The molecule has 0 amide bonds. The summed E-state index contributed by atoms with van der Waals surface area (Å²) in [6.45, 7) is 2.13. The highest BCUT2D eigenvalue weighted by molar-refractivity contribution is 8.01. The molecule has 2 aromatic carbocycles. The van der Waals surface area contributed by atoms with Gasteiger partial charge in [-0.2, -0.15) is 0 Å². The van der Waals surface area contributed by atoms with Crippen molar-refractivity contribution in [1.82, 2.24) is 10.2 Å². The molecule has 5 nitrogen and oxygen atoms in total. The van der Waals surface area contributed by atoms with Crippen LogP contribution in [0.2, 0.25) is 0 Å². The number of anilines is 2. The third-order valence-electron chi connectivity index (χ3n) is 3.76. The van der Waals surface area contributed by atoms with Crippen LogP contribution in [0.5, 0.6) is 5.75 Å². The van der Waals surface area contributed by atoms with Gasteiger partial charge in [-0.15, -0.1) is 10.2 Å². The summed E-state index contributed by atoms with van der Waals surface area (Å²) in [6.07, 6.45) is 1.02. The van der Waals surface area contributed by atoms with E-state index in [0.29, 0.717) is 16.4 Å². The standard InChI is InChI=1S/C19H19N3O2S2/c1-3-13-4-8-15(9-5-13)20-18-21-22-19(26-18)25-12-17(23)14-6-10-16(24-2)11-7-14/h4-11H,3,12H2,1-2H3,(H,20,21). The van der Waals surface area contributed by atoms with Crippen molar-refractivity contribution in [1.29, 1.82) is 0 Å². The average molecular weight is 386 g/mol. The molecule has 7 heteroatoms. The summed E-state index contributed by atoms with van der Waals surface area (Å²) in [5.41, 5.74) is 2.93. The van der Waals surface area contributed by atoms with Gasteiger partial charge in [0.1, 0.15) is 5.75 Å². The largest absolute Gasteiger partial charge is 0.497 e. The second kappa shape index (κ2) is 8.82. The Hall–Kier alpha value is -2.38. The third kappa shape index (κ3) is 4.83. The molecule has 0 aliphatic carbocycles. The van der Waals surface area contributed by atoms with E-state index in [1.165, 1.54) is 28.7 Å². The number of carbonyl (C=O) groups excluding carboxylic acids is 1. The Balaban J connectivity index is 1.54. The highest BCUT2D eigenvalue weighted by atomic mass is 32.2. The molecule has 0 saturated heterocycles. The summed E-state index contributed by atoms with van der Waals surface area (Å²) in [4.78, 5) is 12.3. The van der Waals surface area contributed by atoms with Crippen LogP contribution in [0.4, 0.5) is 10.8 Å². The molecule has 0 atom stereocenters. The lowest BCUT2D eigenvalue weighted by molar-refractivity contribution is 0.102. The lowest BCUT2D eigenvalue weighted by Gasteiger charge is -2.02. The van der Waals surface area contributed by atoms with Crippen molar-refractivity contribution >= 4 is 39.7 Å². The molecule has 1 N–H and O–H groups in total. The molecule has 0 bridgehead atoms. The van der Waals surface area contributed by atoms with Crippen molar-refractivity contribution in [3.63, 3.8) is 0 Å². The average Bonchev–Trinajstić information content (AvgIpc) is 3.14. The Morgan fingerprint density at radius 3 is 2.50 bits per heavy atom. The summed E-state index contributed by atoms with van der Waals surface area (Å²) in [7, 11) is 1.60. The van der Waals surface area contributed by atoms with Gasteiger partial charge in [0, 0.05) is 11.3 Å². The number of Topliss-reactive ketones (excluding diaryl/α,β-unsaturated/α-hetero) is 1. The van der Waals surface area contributed by atoms with Gasteiger partial charge in [0.15, 0.2) is 10.1 Å². The van der Waals surface area contributed by atoms with Crippen LogP contribution in [0.1, 0.15) is 22.8 Å². The Morgan fingerprint density at radius 2 is 1.85 bits per heavy atom. The molecule has 0 aliphatic rings. The molecule has 0 spiro atoms.